The van der Waals surface area contributed by atoms with Gasteiger partial charge < -0.3 is 10.4 Å². The quantitative estimate of drug-likeness (QED) is 0.868. The number of aromatic carboxylic acids is 1. The largest absolute Gasteiger partial charge is 0.477 e. The maximum Gasteiger partial charge on any atom is 0.354 e. The van der Waals surface area contributed by atoms with E-state index < -0.39 is 5.97 Å². The van der Waals surface area contributed by atoms with Crippen molar-refractivity contribution in [2.24, 2.45) is 0 Å². The highest BCUT2D eigenvalue weighted by Gasteiger charge is 2.05. The molecule has 17 heavy (non-hydrogen) atoms. The van der Waals surface area contributed by atoms with Crippen molar-refractivity contribution in [3.8, 4) is 0 Å². The number of nitrogens with zero attached hydrogens (tertiary/aromatic N) is 2. The number of carboxylic acid groups (broad SMARTS) is 1. The molecule has 2 heterocycles. The summed E-state index contributed by atoms with van der Waals surface area (Å²) in [5.74, 6) is -1.03. The second-order valence-corrected chi connectivity index (χ2v) is 4.77. The van der Waals surface area contributed by atoms with Crippen LogP contribution in [0.4, 0.5) is 5.69 Å². The summed E-state index contributed by atoms with van der Waals surface area (Å²) in [6.07, 6.45) is 3.29. The van der Waals surface area contributed by atoms with E-state index in [1.807, 2.05) is 13.1 Å². The zero-order chi connectivity index (χ0) is 12.3. The van der Waals surface area contributed by atoms with Crippen molar-refractivity contribution in [2.75, 3.05) is 5.32 Å². The lowest BCUT2D eigenvalue weighted by Gasteiger charge is -2.04. The maximum absolute atomic E-state index is 10.7. The summed E-state index contributed by atoms with van der Waals surface area (Å²) in [7, 11) is 0. The Labute approximate surface area is 102 Å². The third-order valence-corrected chi connectivity index (χ3v) is 3.00. The van der Waals surface area contributed by atoms with Crippen molar-refractivity contribution in [1.82, 2.24) is 9.97 Å². The fraction of sp³-hybridized carbons (Fsp3) is 0.182. The molecule has 0 bridgehead atoms. The van der Waals surface area contributed by atoms with Gasteiger partial charge in [-0.25, -0.2) is 14.8 Å². The molecular weight excluding hydrogens is 238 g/mol. The van der Waals surface area contributed by atoms with Gasteiger partial charge in [0.05, 0.1) is 6.54 Å². The standard InChI is InChI=1S/C11H11N3O2S/c1-7-5-14-10(17-7)6-13-8-2-3-12-9(4-8)11(15)16/h2-5H,6H2,1H3,(H,12,13)(H,15,16). The Morgan fingerprint density at radius 1 is 1.53 bits per heavy atom. The van der Waals surface area contributed by atoms with Crippen LogP contribution in [0.2, 0.25) is 0 Å². The smallest absolute Gasteiger partial charge is 0.354 e. The Bertz CT molecular complexity index is 539. The summed E-state index contributed by atoms with van der Waals surface area (Å²) in [6.45, 7) is 2.58. The van der Waals surface area contributed by atoms with Crippen LogP contribution in [0.3, 0.4) is 0 Å². The molecule has 0 aliphatic heterocycles. The highest BCUT2D eigenvalue weighted by atomic mass is 32.1. The number of hydrogen-bond acceptors (Lipinski definition) is 5. The van der Waals surface area contributed by atoms with E-state index in [4.69, 9.17) is 5.11 Å². The van der Waals surface area contributed by atoms with Gasteiger partial charge in [-0.15, -0.1) is 11.3 Å². The Kier molecular flexibility index (Phi) is 3.34. The van der Waals surface area contributed by atoms with E-state index >= 15 is 0 Å². The average molecular weight is 249 g/mol. The van der Waals surface area contributed by atoms with Gasteiger partial charge in [0.15, 0.2) is 0 Å². The van der Waals surface area contributed by atoms with Crippen LogP contribution in [0.25, 0.3) is 0 Å². The first-order chi connectivity index (χ1) is 8.15. The number of nitrogens with one attached hydrogen (secondary N) is 1. The molecule has 2 aromatic heterocycles. The number of anilines is 1. The number of rotatable bonds is 4. The highest BCUT2D eigenvalue weighted by molar-refractivity contribution is 7.11. The van der Waals surface area contributed by atoms with Crippen LogP contribution in [0.15, 0.2) is 24.5 Å². The van der Waals surface area contributed by atoms with E-state index in [1.165, 1.54) is 12.3 Å². The first-order valence-corrected chi connectivity index (χ1v) is 5.81. The molecule has 0 fully saturated rings. The normalized spacial score (nSPS) is 10.2. The number of carboxylic acids is 1. The maximum atomic E-state index is 10.7. The summed E-state index contributed by atoms with van der Waals surface area (Å²) in [6, 6.07) is 3.23. The zero-order valence-electron chi connectivity index (χ0n) is 9.17. The molecule has 6 heteroatoms. The molecule has 0 spiro atoms. The van der Waals surface area contributed by atoms with E-state index in [2.05, 4.69) is 15.3 Å². The molecule has 0 saturated carbocycles. The third-order valence-electron chi connectivity index (χ3n) is 2.09. The molecule has 88 valence electrons. The molecule has 2 aromatic rings. The molecule has 0 aliphatic rings. The van der Waals surface area contributed by atoms with E-state index in [9.17, 15) is 4.79 Å². The van der Waals surface area contributed by atoms with Gasteiger partial charge in [0.2, 0.25) is 0 Å². The van der Waals surface area contributed by atoms with Crippen molar-refractivity contribution >= 4 is 23.0 Å². The van der Waals surface area contributed by atoms with Crippen LogP contribution in [0.1, 0.15) is 20.4 Å². The summed E-state index contributed by atoms with van der Waals surface area (Å²) in [5, 5.41) is 12.9. The van der Waals surface area contributed by atoms with Gasteiger partial charge in [-0.2, -0.15) is 0 Å². The lowest BCUT2D eigenvalue weighted by molar-refractivity contribution is 0.0690. The van der Waals surface area contributed by atoms with Crippen LogP contribution >= 0.6 is 11.3 Å². The van der Waals surface area contributed by atoms with Crippen molar-refractivity contribution < 1.29 is 9.90 Å². The molecule has 0 aromatic carbocycles. The number of pyridine rings is 1. The minimum absolute atomic E-state index is 0.0327. The molecule has 2 N–H and O–H groups in total. The Balaban J connectivity index is 2.04. The number of hydrogen-bond donors (Lipinski definition) is 2. The lowest BCUT2D eigenvalue weighted by Crippen LogP contribution is -2.03. The Hall–Kier alpha value is -1.95. The van der Waals surface area contributed by atoms with E-state index in [0.29, 0.717) is 6.54 Å². The summed E-state index contributed by atoms with van der Waals surface area (Å²) in [5.41, 5.74) is 0.760. The first-order valence-electron chi connectivity index (χ1n) is 4.99. The zero-order valence-corrected chi connectivity index (χ0v) is 9.99. The van der Waals surface area contributed by atoms with Crippen LogP contribution in [0.5, 0.6) is 0 Å². The highest BCUT2D eigenvalue weighted by Crippen LogP contribution is 2.14. The second-order valence-electron chi connectivity index (χ2n) is 3.45. The van der Waals surface area contributed by atoms with E-state index in [0.717, 1.165) is 15.6 Å². The molecule has 5 nitrogen and oxygen atoms in total. The lowest BCUT2D eigenvalue weighted by atomic mass is 10.3. The number of aryl methyl sites for hydroxylation is 1. The van der Waals surface area contributed by atoms with E-state index in [1.54, 1.807) is 17.4 Å². The molecule has 0 radical (unpaired) electrons. The molecular formula is C11H11N3O2S. The summed E-state index contributed by atoms with van der Waals surface area (Å²) in [4.78, 5) is 19.8. The average Bonchev–Trinajstić information content (AvgIpc) is 2.73. The fourth-order valence-corrected chi connectivity index (χ4v) is 2.05. The number of carbonyl (C=O) groups is 1. The first kappa shape index (κ1) is 11.5. The van der Waals surface area contributed by atoms with Gasteiger partial charge >= 0.3 is 5.97 Å². The van der Waals surface area contributed by atoms with Gasteiger partial charge in [-0.3, -0.25) is 0 Å². The minimum Gasteiger partial charge on any atom is -0.477 e. The van der Waals surface area contributed by atoms with Gasteiger partial charge in [-0.05, 0) is 19.1 Å². The van der Waals surface area contributed by atoms with Crippen molar-refractivity contribution in [1.29, 1.82) is 0 Å². The van der Waals surface area contributed by atoms with Crippen LogP contribution in [0, 0.1) is 6.92 Å². The fourth-order valence-electron chi connectivity index (χ4n) is 1.32. The van der Waals surface area contributed by atoms with Crippen LogP contribution < -0.4 is 5.32 Å². The Morgan fingerprint density at radius 2 is 2.35 bits per heavy atom. The minimum atomic E-state index is -1.03. The Morgan fingerprint density at radius 3 is 3.00 bits per heavy atom. The number of aromatic nitrogens is 2. The van der Waals surface area contributed by atoms with Crippen molar-refractivity contribution in [3.05, 3.63) is 40.1 Å². The van der Waals surface area contributed by atoms with Crippen molar-refractivity contribution in [2.45, 2.75) is 13.5 Å². The molecule has 0 amide bonds. The van der Waals surface area contributed by atoms with Crippen molar-refractivity contribution in [3.63, 3.8) is 0 Å². The number of thiazole rings is 1. The molecule has 2 rings (SSSR count). The van der Waals surface area contributed by atoms with Crippen LogP contribution in [-0.4, -0.2) is 21.0 Å². The summed E-state index contributed by atoms with van der Waals surface area (Å²) < 4.78 is 0. The predicted octanol–water partition coefficient (Wildman–Crippen LogP) is 2.16. The van der Waals surface area contributed by atoms with Gasteiger partial charge in [-0.1, -0.05) is 0 Å². The van der Waals surface area contributed by atoms with Gasteiger partial charge in [0, 0.05) is 23.0 Å². The van der Waals surface area contributed by atoms with Gasteiger partial charge in [0.25, 0.3) is 0 Å². The third kappa shape index (κ3) is 3.01. The molecule has 0 atom stereocenters. The van der Waals surface area contributed by atoms with E-state index in [-0.39, 0.29) is 5.69 Å². The molecule has 0 unspecified atom stereocenters. The molecule has 0 saturated heterocycles. The monoisotopic (exact) mass is 249 g/mol. The second kappa shape index (κ2) is 4.92. The van der Waals surface area contributed by atoms with Gasteiger partial charge in [0.1, 0.15) is 10.7 Å². The predicted molar refractivity (Wildman–Crippen MR) is 65.4 cm³/mol. The SMILES string of the molecule is Cc1cnc(CNc2ccnc(C(=O)O)c2)s1. The molecule has 0 aliphatic carbocycles. The topological polar surface area (TPSA) is 75.1 Å². The summed E-state index contributed by atoms with van der Waals surface area (Å²) >= 11 is 1.61. The van der Waals surface area contributed by atoms with Crippen LogP contribution in [-0.2, 0) is 6.54 Å².